The highest BCUT2D eigenvalue weighted by Crippen LogP contribution is 2.30. The fourth-order valence-electron chi connectivity index (χ4n) is 4.26. The van der Waals surface area contributed by atoms with Crippen LogP contribution in [0.15, 0.2) is 36.4 Å². The first-order chi connectivity index (χ1) is 15.7. The van der Waals surface area contributed by atoms with E-state index >= 15 is 0 Å². The summed E-state index contributed by atoms with van der Waals surface area (Å²) >= 11 is 0. The van der Waals surface area contributed by atoms with Gasteiger partial charge in [0.15, 0.2) is 0 Å². The second-order valence-electron chi connectivity index (χ2n) is 8.79. The zero-order valence-electron chi connectivity index (χ0n) is 20.7. The second-order valence-corrected chi connectivity index (χ2v) is 8.79. The molecule has 2 rings (SSSR count). The maximum absolute atomic E-state index is 12.5. The smallest absolute Gasteiger partial charge is 0.224 e. The van der Waals surface area contributed by atoms with Gasteiger partial charge >= 0.3 is 0 Å². The summed E-state index contributed by atoms with van der Waals surface area (Å²) in [6.45, 7) is 10.7. The van der Waals surface area contributed by atoms with Gasteiger partial charge in [0.05, 0.1) is 0 Å². The van der Waals surface area contributed by atoms with Crippen molar-refractivity contribution in [1.82, 2.24) is 4.90 Å². The van der Waals surface area contributed by atoms with Crippen molar-refractivity contribution < 1.29 is 4.79 Å². The second kappa shape index (κ2) is 15.7. The molecule has 0 heterocycles. The number of nitrogens with zero attached hydrogens (tertiary/aromatic N) is 1. The molecule has 4 nitrogen and oxygen atoms in total. The summed E-state index contributed by atoms with van der Waals surface area (Å²) in [6.07, 6.45) is 12.0. The lowest BCUT2D eigenvalue weighted by atomic mass is 10.1. The minimum Gasteiger partial charge on any atom is -0.383 e. The molecule has 0 aliphatic carbocycles. The molecule has 0 radical (unpaired) electrons. The molecular formula is C28H45N3O. The number of fused-ring (bicyclic) bond motifs is 1. The van der Waals surface area contributed by atoms with Gasteiger partial charge in [-0.25, -0.2) is 0 Å². The summed E-state index contributed by atoms with van der Waals surface area (Å²) < 4.78 is 0. The number of amides is 1. The molecule has 2 N–H and O–H groups in total. The van der Waals surface area contributed by atoms with E-state index in [1.54, 1.807) is 0 Å². The van der Waals surface area contributed by atoms with Gasteiger partial charge in [0.25, 0.3) is 0 Å². The van der Waals surface area contributed by atoms with Crippen molar-refractivity contribution in [3.05, 3.63) is 36.4 Å². The molecule has 0 atom stereocenters. The zero-order chi connectivity index (χ0) is 23.0. The Bertz CT molecular complexity index is 785. The summed E-state index contributed by atoms with van der Waals surface area (Å²) in [5.74, 6) is 0.125. The van der Waals surface area contributed by atoms with E-state index in [0.29, 0.717) is 6.42 Å². The van der Waals surface area contributed by atoms with Crippen LogP contribution in [0.4, 0.5) is 11.4 Å². The number of rotatable bonds is 17. The van der Waals surface area contributed by atoms with E-state index in [4.69, 9.17) is 0 Å². The maximum atomic E-state index is 12.5. The van der Waals surface area contributed by atoms with Crippen molar-refractivity contribution in [3.8, 4) is 0 Å². The van der Waals surface area contributed by atoms with E-state index in [0.717, 1.165) is 61.2 Å². The molecule has 0 saturated carbocycles. The molecular weight excluding hydrogens is 394 g/mol. The third-order valence-corrected chi connectivity index (χ3v) is 6.34. The molecule has 178 valence electrons. The average molecular weight is 440 g/mol. The fourth-order valence-corrected chi connectivity index (χ4v) is 4.26. The number of carbonyl (C=O) groups is 1. The van der Waals surface area contributed by atoms with Crippen molar-refractivity contribution in [3.63, 3.8) is 0 Å². The van der Waals surface area contributed by atoms with Crippen LogP contribution < -0.4 is 10.6 Å². The van der Waals surface area contributed by atoms with Crippen LogP contribution in [0.2, 0.25) is 0 Å². The Balaban J connectivity index is 1.80. The van der Waals surface area contributed by atoms with Crippen LogP contribution in [-0.2, 0) is 4.79 Å². The lowest BCUT2D eigenvalue weighted by Gasteiger charge is -2.19. The normalized spacial score (nSPS) is 11.2. The number of hydrogen-bond donors (Lipinski definition) is 2. The van der Waals surface area contributed by atoms with Crippen LogP contribution in [-0.4, -0.2) is 37.0 Å². The van der Waals surface area contributed by atoms with E-state index in [9.17, 15) is 4.79 Å². The molecule has 2 aromatic rings. The van der Waals surface area contributed by atoms with Crippen molar-refractivity contribution in [2.24, 2.45) is 0 Å². The van der Waals surface area contributed by atoms with Gasteiger partial charge in [0.2, 0.25) is 5.91 Å². The van der Waals surface area contributed by atoms with E-state index in [2.05, 4.69) is 60.6 Å². The SMILES string of the molecule is CCCCCCCCCCCC(=O)Nc1ccc(NCCN(CC)CC)c2ccccc12. The minimum atomic E-state index is 0.125. The molecule has 0 spiro atoms. The number of benzene rings is 2. The Kier molecular flexibility index (Phi) is 12.8. The largest absolute Gasteiger partial charge is 0.383 e. The lowest BCUT2D eigenvalue weighted by Crippen LogP contribution is -2.28. The van der Waals surface area contributed by atoms with E-state index in [1.807, 2.05) is 12.1 Å². The topological polar surface area (TPSA) is 44.4 Å². The highest BCUT2D eigenvalue weighted by Gasteiger charge is 2.09. The monoisotopic (exact) mass is 439 g/mol. The van der Waals surface area contributed by atoms with E-state index in [1.165, 1.54) is 44.9 Å². The van der Waals surface area contributed by atoms with Gasteiger partial charge in [0, 0.05) is 41.7 Å². The van der Waals surface area contributed by atoms with Crippen molar-refractivity contribution in [1.29, 1.82) is 0 Å². The van der Waals surface area contributed by atoms with Crippen LogP contribution in [0.25, 0.3) is 10.8 Å². The van der Waals surface area contributed by atoms with Crippen molar-refractivity contribution in [2.75, 3.05) is 36.8 Å². The molecule has 0 saturated heterocycles. The van der Waals surface area contributed by atoms with Gasteiger partial charge in [-0.1, -0.05) is 96.4 Å². The zero-order valence-corrected chi connectivity index (χ0v) is 20.7. The van der Waals surface area contributed by atoms with Crippen LogP contribution in [0, 0.1) is 0 Å². The molecule has 0 aliphatic heterocycles. The molecule has 4 heteroatoms. The summed E-state index contributed by atoms with van der Waals surface area (Å²) in [5.41, 5.74) is 2.04. The van der Waals surface area contributed by atoms with Crippen LogP contribution in [0.3, 0.4) is 0 Å². The first-order valence-corrected chi connectivity index (χ1v) is 13.0. The summed E-state index contributed by atoms with van der Waals surface area (Å²) in [7, 11) is 0. The van der Waals surface area contributed by atoms with E-state index < -0.39 is 0 Å². The van der Waals surface area contributed by atoms with Gasteiger partial charge in [-0.15, -0.1) is 0 Å². The molecule has 32 heavy (non-hydrogen) atoms. The Labute approximate surface area is 196 Å². The maximum Gasteiger partial charge on any atom is 0.224 e. The molecule has 1 amide bonds. The third-order valence-electron chi connectivity index (χ3n) is 6.34. The minimum absolute atomic E-state index is 0.125. The molecule has 2 aromatic carbocycles. The predicted octanol–water partition coefficient (Wildman–Crippen LogP) is 7.45. The number of unbranched alkanes of at least 4 members (excludes halogenated alkanes) is 8. The van der Waals surface area contributed by atoms with E-state index in [-0.39, 0.29) is 5.91 Å². The first-order valence-electron chi connectivity index (χ1n) is 13.0. The summed E-state index contributed by atoms with van der Waals surface area (Å²) in [6, 6.07) is 12.5. The quantitative estimate of drug-likeness (QED) is 0.252. The third kappa shape index (κ3) is 9.20. The number of anilines is 2. The molecule has 0 bridgehead atoms. The Morgan fingerprint density at radius 3 is 1.94 bits per heavy atom. The highest BCUT2D eigenvalue weighted by atomic mass is 16.1. The van der Waals surface area contributed by atoms with Crippen LogP contribution >= 0.6 is 0 Å². The Morgan fingerprint density at radius 2 is 1.31 bits per heavy atom. The van der Waals surface area contributed by atoms with Crippen LogP contribution in [0.1, 0.15) is 85.0 Å². The van der Waals surface area contributed by atoms with Gasteiger partial charge < -0.3 is 15.5 Å². The van der Waals surface area contributed by atoms with Gasteiger partial charge in [-0.2, -0.15) is 0 Å². The summed E-state index contributed by atoms with van der Waals surface area (Å²) in [5, 5.41) is 9.00. The average Bonchev–Trinajstić information content (AvgIpc) is 2.82. The van der Waals surface area contributed by atoms with Crippen LogP contribution in [0.5, 0.6) is 0 Å². The highest BCUT2D eigenvalue weighted by molar-refractivity contribution is 6.06. The van der Waals surface area contributed by atoms with Gasteiger partial charge in [0.1, 0.15) is 0 Å². The fraction of sp³-hybridized carbons (Fsp3) is 0.607. The summed E-state index contributed by atoms with van der Waals surface area (Å²) in [4.78, 5) is 14.9. The molecule has 0 aliphatic rings. The van der Waals surface area contributed by atoms with Crippen molar-refractivity contribution >= 4 is 28.1 Å². The van der Waals surface area contributed by atoms with Crippen molar-refractivity contribution in [2.45, 2.75) is 85.0 Å². The Hall–Kier alpha value is -2.07. The predicted molar refractivity (Wildman–Crippen MR) is 141 cm³/mol. The number of carbonyl (C=O) groups excluding carboxylic acids is 1. The lowest BCUT2D eigenvalue weighted by molar-refractivity contribution is -0.116. The Morgan fingerprint density at radius 1 is 0.750 bits per heavy atom. The molecule has 0 aromatic heterocycles. The first kappa shape index (κ1) is 26.2. The number of likely N-dealkylation sites (N-methyl/N-ethyl adjacent to an activating group) is 1. The molecule has 0 fully saturated rings. The number of nitrogens with one attached hydrogen (secondary N) is 2. The standard InChI is InChI=1S/C28H45N3O/c1-4-7-8-9-10-11-12-13-14-19-28(32)30-27-21-20-26(24-17-15-16-18-25(24)27)29-22-23-31(5-2)6-3/h15-18,20-21,29H,4-14,19,22-23H2,1-3H3,(H,30,32). The molecule has 0 unspecified atom stereocenters. The number of hydrogen-bond acceptors (Lipinski definition) is 3. The van der Waals surface area contributed by atoms with Gasteiger partial charge in [-0.05, 0) is 31.6 Å². The van der Waals surface area contributed by atoms with Gasteiger partial charge in [-0.3, -0.25) is 4.79 Å².